The number of likely N-dealkylation sites (N-methyl/N-ethyl adjacent to an activating group) is 1. The standard InChI is InChI=1S/C29H39N3O5S2/c1-6-31-13-12-22-23(16-31)38-26(24(22)27(34)37-7-2)30-25(33)19-8-10-21(11-9-19)39(35,36)32-18-29(5)15-20(32)14-28(3,4)17-29/h8-11,20H,6-7,12-18H2,1-5H3,(H,30,33)/t20?,29-/m1/s1. The number of fused-ring (bicyclic) bond motifs is 3. The summed E-state index contributed by atoms with van der Waals surface area (Å²) >= 11 is 1.41. The van der Waals surface area contributed by atoms with Crippen LogP contribution in [0.3, 0.4) is 0 Å². The summed E-state index contributed by atoms with van der Waals surface area (Å²) in [6, 6.07) is 6.13. The van der Waals surface area contributed by atoms with Crippen molar-refractivity contribution in [1.82, 2.24) is 9.21 Å². The topological polar surface area (TPSA) is 96.0 Å². The van der Waals surface area contributed by atoms with Gasteiger partial charge in [-0.05, 0) is 79.8 Å². The van der Waals surface area contributed by atoms with E-state index < -0.39 is 16.0 Å². The van der Waals surface area contributed by atoms with Crippen LogP contribution in [-0.2, 0) is 27.7 Å². The van der Waals surface area contributed by atoms with Crippen molar-refractivity contribution >= 4 is 38.2 Å². The molecular formula is C29H39N3O5S2. The number of thiophene rings is 1. The van der Waals surface area contributed by atoms with E-state index in [-0.39, 0.29) is 34.3 Å². The normalized spacial score (nSPS) is 24.8. The number of nitrogens with one attached hydrogen (secondary N) is 1. The number of rotatable bonds is 7. The van der Waals surface area contributed by atoms with Crippen molar-refractivity contribution in [3.63, 3.8) is 0 Å². The minimum atomic E-state index is -3.68. The number of benzene rings is 1. The number of esters is 1. The summed E-state index contributed by atoms with van der Waals surface area (Å²) in [4.78, 5) is 29.6. The van der Waals surface area contributed by atoms with Gasteiger partial charge in [-0.25, -0.2) is 13.2 Å². The maximum atomic E-state index is 13.6. The Morgan fingerprint density at radius 1 is 1.13 bits per heavy atom. The SMILES string of the molecule is CCOC(=O)c1c(NC(=O)c2ccc(S(=O)(=O)N3C[C@]4(C)CC3CC(C)(C)C4)cc2)sc2c1CCN(CC)C2. The number of carbonyl (C=O) groups excluding carboxylic acids is 2. The van der Waals surface area contributed by atoms with Gasteiger partial charge in [-0.1, -0.05) is 27.7 Å². The maximum Gasteiger partial charge on any atom is 0.341 e. The first kappa shape index (κ1) is 28.3. The van der Waals surface area contributed by atoms with Crippen molar-refractivity contribution in [1.29, 1.82) is 0 Å². The lowest BCUT2D eigenvalue weighted by Gasteiger charge is -2.39. The molecule has 1 aliphatic carbocycles. The number of hydrogen-bond donors (Lipinski definition) is 1. The van der Waals surface area contributed by atoms with Gasteiger partial charge in [-0.15, -0.1) is 11.3 Å². The number of sulfonamides is 1. The molecule has 5 rings (SSSR count). The van der Waals surface area contributed by atoms with Gasteiger partial charge in [0.25, 0.3) is 5.91 Å². The molecule has 8 nitrogen and oxygen atoms in total. The quantitative estimate of drug-likeness (QED) is 0.461. The van der Waals surface area contributed by atoms with Crippen LogP contribution in [0.4, 0.5) is 5.00 Å². The molecule has 3 aliphatic rings. The second-order valence-corrected chi connectivity index (χ2v) is 15.3. The lowest BCUT2D eigenvalue weighted by atomic mass is 9.65. The third-order valence-electron chi connectivity index (χ3n) is 8.38. The van der Waals surface area contributed by atoms with E-state index in [2.05, 4.69) is 37.9 Å². The summed E-state index contributed by atoms with van der Waals surface area (Å²) in [5.74, 6) is -0.814. The van der Waals surface area contributed by atoms with Gasteiger partial charge < -0.3 is 10.1 Å². The Kier molecular flexibility index (Phi) is 7.45. The molecule has 10 heteroatoms. The monoisotopic (exact) mass is 573 g/mol. The maximum absolute atomic E-state index is 13.6. The zero-order valence-electron chi connectivity index (χ0n) is 23.5. The van der Waals surface area contributed by atoms with Crippen molar-refractivity contribution in [3.8, 4) is 0 Å². The van der Waals surface area contributed by atoms with Gasteiger partial charge in [0, 0.05) is 36.1 Å². The van der Waals surface area contributed by atoms with Crippen molar-refractivity contribution < 1.29 is 22.7 Å². The molecule has 2 aliphatic heterocycles. The zero-order chi connectivity index (χ0) is 28.2. The fraction of sp³-hybridized carbons (Fsp3) is 0.586. The van der Waals surface area contributed by atoms with Crippen LogP contribution in [0.5, 0.6) is 0 Å². The lowest BCUT2D eigenvalue weighted by Crippen LogP contribution is -2.37. The molecule has 3 heterocycles. The Hall–Kier alpha value is -2.27. The van der Waals surface area contributed by atoms with E-state index >= 15 is 0 Å². The molecule has 2 aromatic rings. The highest BCUT2D eigenvalue weighted by Crippen LogP contribution is 2.53. The predicted molar refractivity (Wildman–Crippen MR) is 153 cm³/mol. The molecule has 0 radical (unpaired) electrons. The van der Waals surface area contributed by atoms with Crippen LogP contribution < -0.4 is 5.32 Å². The predicted octanol–water partition coefficient (Wildman–Crippen LogP) is 5.14. The second kappa shape index (κ2) is 10.3. The number of ether oxygens (including phenoxy) is 1. The molecule has 1 N–H and O–H groups in total. The van der Waals surface area contributed by atoms with Gasteiger partial charge in [-0.2, -0.15) is 4.31 Å². The van der Waals surface area contributed by atoms with Crippen LogP contribution in [-0.4, -0.2) is 61.8 Å². The number of anilines is 1. The smallest absolute Gasteiger partial charge is 0.341 e. The van der Waals surface area contributed by atoms with Crippen LogP contribution in [0, 0.1) is 10.8 Å². The molecule has 0 spiro atoms. The van der Waals surface area contributed by atoms with E-state index in [0.717, 1.165) is 55.8 Å². The van der Waals surface area contributed by atoms with Crippen LogP contribution in [0.25, 0.3) is 0 Å². The Morgan fingerprint density at radius 3 is 2.51 bits per heavy atom. The van der Waals surface area contributed by atoms with E-state index in [1.165, 1.54) is 23.5 Å². The molecule has 1 saturated heterocycles. The van der Waals surface area contributed by atoms with Gasteiger partial charge in [-0.3, -0.25) is 9.69 Å². The van der Waals surface area contributed by atoms with Crippen molar-refractivity contribution in [2.75, 3.05) is 31.6 Å². The van der Waals surface area contributed by atoms with E-state index in [9.17, 15) is 18.0 Å². The molecule has 2 fully saturated rings. The minimum absolute atomic E-state index is 0.00140. The molecule has 1 aromatic carbocycles. The van der Waals surface area contributed by atoms with Gasteiger partial charge >= 0.3 is 5.97 Å². The number of amides is 1. The van der Waals surface area contributed by atoms with Gasteiger partial charge in [0.15, 0.2) is 0 Å². The highest BCUT2D eigenvalue weighted by molar-refractivity contribution is 7.89. The minimum Gasteiger partial charge on any atom is -0.462 e. The summed E-state index contributed by atoms with van der Waals surface area (Å²) < 4.78 is 34.2. The van der Waals surface area contributed by atoms with Gasteiger partial charge in [0.05, 0.1) is 17.1 Å². The molecule has 212 valence electrons. The van der Waals surface area contributed by atoms with Gasteiger partial charge in [0.2, 0.25) is 10.0 Å². The van der Waals surface area contributed by atoms with Crippen molar-refractivity contribution in [3.05, 3.63) is 45.8 Å². The molecule has 2 bridgehead atoms. The molecule has 2 atom stereocenters. The van der Waals surface area contributed by atoms with Crippen LogP contribution in [0.15, 0.2) is 29.2 Å². The zero-order valence-corrected chi connectivity index (χ0v) is 25.1. The summed E-state index contributed by atoms with van der Waals surface area (Å²) in [6.07, 6.45) is 3.48. The lowest BCUT2D eigenvalue weighted by molar-refractivity contribution is 0.0526. The van der Waals surface area contributed by atoms with E-state index in [0.29, 0.717) is 22.7 Å². The third-order valence-corrected chi connectivity index (χ3v) is 11.4. The fourth-order valence-corrected chi connectivity index (χ4v) is 10.1. The Balaban J connectivity index is 1.36. The molecule has 1 unspecified atom stereocenters. The average molecular weight is 574 g/mol. The Labute approximate surface area is 235 Å². The Bertz CT molecular complexity index is 1380. The molecule has 1 amide bonds. The number of carbonyl (C=O) groups is 2. The average Bonchev–Trinajstić information content (AvgIpc) is 3.36. The van der Waals surface area contributed by atoms with Gasteiger partial charge in [0.1, 0.15) is 5.00 Å². The largest absolute Gasteiger partial charge is 0.462 e. The first-order valence-corrected chi connectivity index (χ1v) is 16.1. The van der Waals surface area contributed by atoms with Crippen molar-refractivity contribution in [2.24, 2.45) is 10.8 Å². The molecule has 39 heavy (non-hydrogen) atoms. The van der Waals surface area contributed by atoms with Crippen LogP contribution >= 0.6 is 11.3 Å². The van der Waals surface area contributed by atoms with Crippen LogP contribution in [0.1, 0.15) is 85.0 Å². The summed E-state index contributed by atoms with van der Waals surface area (Å²) in [5, 5.41) is 3.40. The summed E-state index contributed by atoms with van der Waals surface area (Å²) in [7, 11) is -3.68. The first-order chi connectivity index (χ1) is 18.4. The first-order valence-electron chi connectivity index (χ1n) is 13.8. The molecule has 1 saturated carbocycles. The fourth-order valence-electron chi connectivity index (χ4n) is 7.01. The van der Waals surface area contributed by atoms with Crippen LogP contribution in [0.2, 0.25) is 0 Å². The summed E-state index contributed by atoms with van der Waals surface area (Å²) in [6.45, 7) is 13.8. The van der Waals surface area contributed by atoms with E-state index in [1.54, 1.807) is 23.4 Å². The number of nitrogens with zero attached hydrogens (tertiary/aromatic N) is 2. The highest BCUT2D eigenvalue weighted by atomic mass is 32.2. The van der Waals surface area contributed by atoms with Crippen molar-refractivity contribution in [2.45, 2.75) is 77.8 Å². The highest BCUT2D eigenvalue weighted by Gasteiger charge is 2.53. The number of hydrogen-bond acceptors (Lipinski definition) is 7. The molecular weight excluding hydrogens is 534 g/mol. The van der Waals surface area contributed by atoms with E-state index in [1.807, 2.05) is 0 Å². The second-order valence-electron chi connectivity index (χ2n) is 12.3. The summed E-state index contributed by atoms with van der Waals surface area (Å²) in [5.41, 5.74) is 1.83. The van der Waals surface area contributed by atoms with E-state index in [4.69, 9.17) is 4.74 Å². The molecule has 1 aromatic heterocycles. The third kappa shape index (κ3) is 5.40. The Morgan fingerprint density at radius 2 is 1.85 bits per heavy atom.